The molecule has 0 radical (unpaired) electrons. The first-order valence-corrected chi connectivity index (χ1v) is 8.77. The van der Waals surface area contributed by atoms with Crippen LogP contribution in [0.5, 0.6) is 11.5 Å². The fourth-order valence-electron chi connectivity index (χ4n) is 3.11. The number of nitrogens with zero attached hydrogens (tertiary/aromatic N) is 2. The number of pyridine rings is 1. The van der Waals surface area contributed by atoms with E-state index in [1.165, 1.54) is 0 Å². The minimum atomic E-state index is -0.219. The Morgan fingerprint density at radius 3 is 2.78 bits per heavy atom. The number of fused-ring (bicyclic) bond motifs is 1. The van der Waals surface area contributed by atoms with Crippen molar-refractivity contribution in [3.63, 3.8) is 0 Å². The molecule has 0 bridgehead atoms. The van der Waals surface area contributed by atoms with Crippen LogP contribution in [0.2, 0.25) is 0 Å². The van der Waals surface area contributed by atoms with Gasteiger partial charge in [0, 0.05) is 17.3 Å². The Morgan fingerprint density at radius 1 is 1.15 bits per heavy atom. The fraction of sp³-hybridized carbons (Fsp3) is 0.238. The third-order valence-corrected chi connectivity index (χ3v) is 4.53. The molecule has 1 aromatic heterocycles. The molecule has 1 aliphatic rings. The molecule has 6 nitrogen and oxygen atoms in total. The molecular weight excluding hydrogens is 344 g/mol. The predicted octanol–water partition coefficient (Wildman–Crippen LogP) is 3.05. The summed E-state index contributed by atoms with van der Waals surface area (Å²) in [5.41, 5.74) is 1.64. The predicted molar refractivity (Wildman–Crippen MR) is 102 cm³/mol. The number of hydrogen-bond donors (Lipinski definition) is 0. The fourth-order valence-corrected chi connectivity index (χ4v) is 3.11. The SMILES string of the molecule is COc1ccc(N2C[C@@H](COc3cccc4cccnc34)OCC2=O)cc1. The van der Waals surface area contributed by atoms with Crippen molar-refractivity contribution in [1.29, 1.82) is 0 Å². The molecule has 1 atom stereocenters. The Morgan fingerprint density at radius 2 is 1.96 bits per heavy atom. The summed E-state index contributed by atoms with van der Waals surface area (Å²) in [6, 6.07) is 17.1. The van der Waals surface area contributed by atoms with Crippen LogP contribution < -0.4 is 14.4 Å². The first-order valence-electron chi connectivity index (χ1n) is 8.77. The number of anilines is 1. The average molecular weight is 364 g/mol. The van der Waals surface area contributed by atoms with Crippen LogP contribution in [0, 0.1) is 0 Å². The Bertz CT molecular complexity index is 937. The number of aromatic nitrogens is 1. The van der Waals surface area contributed by atoms with E-state index in [-0.39, 0.29) is 18.6 Å². The van der Waals surface area contributed by atoms with Crippen molar-refractivity contribution < 1.29 is 19.0 Å². The summed E-state index contributed by atoms with van der Waals surface area (Å²) in [6.45, 7) is 0.812. The van der Waals surface area contributed by atoms with E-state index in [4.69, 9.17) is 14.2 Å². The lowest BCUT2D eigenvalue weighted by atomic mass is 10.2. The molecule has 2 heterocycles. The van der Waals surface area contributed by atoms with Gasteiger partial charge in [0.05, 0.1) is 13.7 Å². The standard InChI is InChI=1S/C21H20N2O4/c1-25-17-9-7-16(8-10-17)23-12-18(26-14-20(23)24)13-27-19-6-2-4-15-5-3-11-22-21(15)19/h2-11,18H,12-14H2,1H3/t18-/m0/s1. The van der Waals surface area contributed by atoms with Crippen molar-refractivity contribution in [3.8, 4) is 11.5 Å². The maximum Gasteiger partial charge on any atom is 0.253 e. The van der Waals surface area contributed by atoms with Crippen molar-refractivity contribution in [2.45, 2.75) is 6.10 Å². The van der Waals surface area contributed by atoms with Gasteiger partial charge in [-0.15, -0.1) is 0 Å². The van der Waals surface area contributed by atoms with Crippen LogP contribution in [0.3, 0.4) is 0 Å². The molecule has 27 heavy (non-hydrogen) atoms. The van der Waals surface area contributed by atoms with Crippen molar-refractivity contribution in [2.24, 2.45) is 0 Å². The average Bonchev–Trinajstić information content (AvgIpc) is 2.73. The van der Waals surface area contributed by atoms with E-state index >= 15 is 0 Å². The highest BCUT2D eigenvalue weighted by Gasteiger charge is 2.28. The van der Waals surface area contributed by atoms with Gasteiger partial charge >= 0.3 is 0 Å². The molecule has 1 aliphatic heterocycles. The molecule has 3 aromatic rings. The van der Waals surface area contributed by atoms with Crippen LogP contribution in [0.25, 0.3) is 10.9 Å². The molecule has 0 unspecified atom stereocenters. The lowest BCUT2D eigenvalue weighted by molar-refractivity contribution is -0.130. The van der Waals surface area contributed by atoms with Gasteiger partial charge in [0.1, 0.15) is 36.3 Å². The lowest BCUT2D eigenvalue weighted by Crippen LogP contribution is -2.48. The Balaban J connectivity index is 1.45. The normalized spacial score (nSPS) is 17.1. The van der Waals surface area contributed by atoms with Gasteiger partial charge in [-0.3, -0.25) is 9.78 Å². The Kier molecular flexibility index (Phi) is 4.89. The molecule has 0 saturated carbocycles. The van der Waals surface area contributed by atoms with Gasteiger partial charge < -0.3 is 19.1 Å². The molecule has 0 aliphatic carbocycles. The topological polar surface area (TPSA) is 60.9 Å². The van der Waals surface area contributed by atoms with Crippen molar-refractivity contribution in [1.82, 2.24) is 4.98 Å². The van der Waals surface area contributed by atoms with E-state index in [9.17, 15) is 4.79 Å². The highest BCUT2D eigenvalue weighted by molar-refractivity contribution is 5.95. The van der Waals surface area contributed by atoms with E-state index in [1.807, 2.05) is 54.6 Å². The molecule has 4 rings (SSSR count). The lowest BCUT2D eigenvalue weighted by Gasteiger charge is -2.32. The van der Waals surface area contributed by atoms with Crippen LogP contribution in [0.15, 0.2) is 60.8 Å². The summed E-state index contributed by atoms with van der Waals surface area (Å²) in [5, 5.41) is 1.02. The second-order valence-electron chi connectivity index (χ2n) is 6.28. The van der Waals surface area contributed by atoms with Crippen LogP contribution in [-0.4, -0.2) is 43.9 Å². The number of ether oxygens (including phenoxy) is 3. The second kappa shape index (κ2) is 7.63. The highest BCUT2D eigenvalue weighted by atomic mass is 16.5. The highest BCUT2D eigenvalue weighted by Crippen LogP contribution is 2.25. The number of benzene rings is 2. The zero-order valence-corrected chi connectivity index (χ0v) is 15.0. The number of carbonyl (C=O) groups is 1. The summed E-state index contributed by atoms with van der Waals surface area (Å²) in [5.74, 6) is 1.40. The van der Waals surface area contributed by atoms with Gasteiger partial charge in [0.2, 0.25) is 0 Å². The Hall–Kier alpha value is -3.12. The zero-order chi connectivity index (χ0) is 18.6. The number of rotatable bonds is 5. The molecule has 0 spiro atoms. The molecule has 2 aromatic carbocycles. The van der Waals surface area contributed by atoms with Gasteiger partial charge in [-0.25, -0.2) is 0 Å². The quantitative estimate of drug-likeness (QED) is 0.696. The maximum absolute atomic E-state index is 12.3. The summed E-state index contributed by atoms with van der Waals surface area (Å²) in [6.07, 6.45) is 1.53. The van der Waals surface area contributed by atoms with Gasteiger partial charge in [-0.1, -0.05) is 18.2 Å². The van der Waals surface area contributed by atoms with Crippen molar-refractivity contribution in [3.05, 3.63) is 60.8 Å². The molecule has 138 valence electrons. The molecule has 1 fully saturated rings. The van der Waals surface area contributed by atoms with Crippen LogP contribution in [0.1, 0.15) is 0 Å². The van der Waals surface area contributed by atoms with Crippen molar-refractivity contribution >= 4 is 22.5 Å². The monoisotopic (exact) mass is 364 g/mol. The number of morpholine rings is 1. The van der Waals surface area contributed by atoms with E-state index in [0.29, 0.717) is 18.9 Å². The smallest absolute Gasteiger partial charge is 0.253 e. The first kappa shape index (κ1) is 17.3. The third kappa shape index (κ3) is 3.71. The zero-order valence-electron chi connectivity index (χ0n) is 15.0. The van der Waals surface area contributed by atoms with Crippen LogP contribution in [0.4, 0.5) is 5.69 Å². The minimum Gasteiger partial charge on any atom is -0.497 e. The number of para-hydroxylation sites is 1. The number of hydrogen-bond acceptors (Lipinski definition) is 5. The van der Waals surface area contributed by atoms with Crippen molar-refractivity contribution in [2.75, 3.05) is 31.8 Å². The third-order valence-electron chi connectivity index (χ3n) is 4.53. The second-order valence-corrected chi connectivity index (χ2v) is 6.28. The molecule has 1 saturated heterocycles. The van der Waals surface area contributed by atoms with Gasteiger partial charge in [0.25, 0.3) is 5.91 Å². The summed E-state index contributed by atoms with van der Waals surface area (Å²) >= 11 is 0. The molecule has 6 heteroatoms. The first-order chi connectivity index (χ1) is 13.2. The van der Waals surface area contributed by atoms with Crippen LogP contribution in [-0.2, 0) is 9.53 Å². The largest absolute Gasteiger partial charge is 0.497 e. The summed E-state index contributed by atoms with van der Waals surface area (Å²) in [7, 11) is 1.62. The molecule has 0 N–H and O–H groups in total. The number of carbonyl (C=O) groups excluding carboxylic acids is 1. The number of methoxy groups -OCH3 is 1. The minimum absolute atomic E-state index is 0.0356. The van der Waals surface area contributed by atoms with Gasteiger partial charge in [-0.2, -0.15) is 0 Å². The number of amides is 1. The van der Waals surface area contributed by atoms with E-state index in [1.54, 1.807) is 18.2 Å². The maximum atomic E-state index is 12.3. The van der Waals surface area contributed by atoms with E-state index in [2.05, 4.69) is 4.98 Å². The summed E-state index contributed by atoms with van der Waals surface area (Å²) in [4.78, 5) is 18.4. The Labute approximate surface area is 157 Å². The molecule has 1 amide bonds. The van der Waals surface area contributed by atoms with Gasteiger partial charge in [0.15, 0.2) is 0 Å². The van der Waals surface area contributed by atoms with Crippen LogP contribution >= 0.6 is 0 Å². The molecular formula is C21H20N2O4. The summed E-state index contributed by atoms with van der Waals surface area (Å²) < 4.78 is 16.8. The van der Waals surface area contributed by atoms with E-state index < -0.39 is 0 Å². The van der Waals surface area contributed by atoms with E-state index in [0.717, 1.165) is 22.3 Å². The van der Waals surface area contributed by atoms with Gasteiger partial charge in [-0.05, 0) is 36.4 Å².